The standard InChI is InChI=1S/C29H31N3O3S/c1-3-35-29(34)26-20-9-4-5-12-24(20)36-28(26)32-25(33)13-8-10-19-21-17-18(2)14-15-22(21)31-27(19)23-11-6-7-16-30-23/h6-7,11,14-17,31H,3-5,8-10,12-13H2,1-2H3,(H,32,33). The fraction of sp³-hybridized carbons (Fsp3) is 0.345. The molecule has 3 heterocycles. The summed E-state index contributed by atoms with van der Waals surface area (Å²) in [5.41, 5.74) is 6.98. The van der Waals surface area contributed by atoms with E-state index in [0.717, 1.165) is 54.6 Å². The Morgan fingerprint density at radius 3 is 2.83 bits per heavy atom. The highest BCUT2D eigenvalue weighted by Gasteiger charge is 2.27. The first-order valence-corrected chi connectivity index (χ1v) is 13.5. The Bertz CT molecular complexity index is 1400. The fourth-order valence-corrected chi connectivity index (χ4v) is 6.33. The highest BCUT2D eigenvalue weighted by atomic mass is 32.1. The van der Waals surface area contributed by atoms with Crippen molar-refractivity contribution in [3.05, 3.63) is 69.7 Å². The molecule has 5 rings (SSSR count). The minimum absolute atomic E-state index is 0.0745. The number of amides is 1. The number of aromatic nitrogens is 2. The summed E-state index contributed by atoms with van der Waals surface area (Å²) >= 11 is 1.53. The molecule has 7 heteroatoms. The van der Waals surface area contributed by atoms with Crippen molar-refractivity contribution in [1.82, 2.24) is 9.97 Å². The van der Waals surface area contributed by atoms with Crippen LogP contribution in [0.5, 0.6) is 0 Å². The van der Waals surface area contributed by atoms with E-state index in [0.29, 0.717) is 30.0 Å². The molecule has 0 unspecified atom stereocenters. The zero-order chi connectivity index (χ0) is 25.1. The van der Waals surface area contributed by atoms with Crippen molar-refractivity contribution in [3.63, 3.8) is 0 Å². The minimum Gasteiger partial charge on any atom is -0.462 e. The lowest BCUT2D eigenvalue weighted by Gasteiger charge is -2.12. The van der Waals surface area contributed by atoms with Crippen molar-refractivity contribution in [2.45, 2.75) is 58.8 Å². The number of rotatable bonds is 8. The molecule has 1 aliphatic carbocycles. The lowest BCUT2D eigenvalue weighted by molar-refractivity contribution is -0.116. The van der Waals surface area contributed by atoms with Gasteiger partial charge in [0.25, 0.3) is 0 Å². The van der Waals surface area contributed by atoms with E-state index in [1.165, 1.54) is 32.7 Å². The van der Waals surface area contributed by atoms with E-state index in [2.05, 4.69) is 40.4 Å². The van der Waals surface area contributed by atoms with Gasteiger partial charge in [0.05, 0.1) is 23.6 Å². The molecule has 0 saturated heterocycles. The van der Waals surface area contributed by atoms with Crippen molar-refractivity contribution < 1.29 is 14.3 Å². The number of fused-ring (bicyclic) bond motifs is 2. The second-order valence-electron chi connectivity index (χ2n) is 9.28. The number of hydrogen-bond donors (Lipinski definition) is 2. The molecule has 0 radical (unpaired) electrons. The number of aryl methyl sites for hydroxylation is 3. The SMILES string of the molecule is CCOC(=O)c1c(NC(=O)CCCc2c(-c3ccccn3)[nH]c3ccc(C)cc23)sc2c1CCCC2. The van der Waals surface area contributed by atoms with Gasteiger partial charge in [-0.2, -0.15) is 0 Å². The van der Waals surface area contributed by atoms with Crippen molar-refractivity contribution in [3.8, 4) is 11.4 Å². The third-order valence-corrected chi connectivity index (χ3v) is 7.92. The molecule has 3 aromatic heterocycles. The third kappa shape index (κ3) is 4.93. The number of hydrogen-bond acceptors (Lipinski definition) is 5. The van der Waals surface area contributed by atoms with Crippen LogP contribution in [0.15, 0.2) is 42.6 Å². The van der Waals surface area contributed by atoms with Crippen LogP contribution in [0.25, 0.3) is 22.3 Å². The number of aromatic amines is 1. The monoisotopic (exact) mass is 501 g/mol. The van der Waals surface area contributed by atoms with Crippen LogP contribution in [-0.4, -0.2) is 28.5 Å². The average molecular weight is 502 g/mol. The number of ether oxygens (including phenoxy) is 1. The van der Waals surface area contributed by atoms with Crippen molar-refractivity contribution >= 4 is 39.1 Å². The Kier molecular flexibility index (Phi) is 7.18. The lowest BCUT2D eigenvalue weighted by Crippen LogP contribution is -2.15. The smallest absolute Gasteiger partial charge is 0.341 e. The number of thiophene rings is 1. The van der Waals surface area contributed by atoms with Gasteiger partial charge in [0.15, 0.2) is 0 Å². The normalized spacial score (nSPS) is 12.9. The topological polar surface area (TPSA) is 84.1 Å². The summed E-state index contributed by atoms with van der Waals surface area (Å²) in [5, 5.41) is 4.85. The average Bonchev–Trinajstić information content (AvgIpc) is 3.42. The predicted molar refractivity (Wildman–Crippen MR) is 145 cm³/mol. The molecule has 1 amide bonds. The number of nitrogens with zero attached hydrogens (tertiary/aromatic N) is 1. The minimum atomic E-state index is -0.332. The second kappa shape index (κ2) is 10.7. The number of carbonyl (C=O) groups is 2. The zero-order valence-electron chi connectivity index (χ0n) is 20.8. The molecule has 0 spiro atoms. The number of benzene rings is 1. The van der Waals surface area contributed by atoms with Gasteiger partial charge in [0, 0.05) is 28.4 Å². The Morgan fingerprint density at radius 1 is 1.17 bits per heavy atom. The van der Waals surface area contributed by atoms with E-state index >= 15 is 0 Å². The molecule has 1 aliphatic rings. The van der Waals surface area contributed by atoms with Crippen LogP contribution < -0.4 is 5.32 Å². The highest BCUT2D eigenvalue weighted by Crippen LogP contribution is 2.39. The van der Waals surface area contributed by atoms with E-state index in [1.54, 1.807) is 13.1 Å². The van der Waals surface area contributed by atoms with E-state index in [-0.39, 0.29) is 11.9 Å². The van der Waals surface area contributed by atoms with Crippen molar-refractivity contribution in [2.24, 2.45) is 0 Å². The lowest BCUT2D eigenvalue weighted by atomic mass is 9.95. The van der Waals surface area contributed by atoms with Crippen LogP contribution in [0.1, 0.15) is 64.5 Å². The van der Waals surface area contributed by atoms with Gasteiger partial charge in [0.2, 0.25) is 5.91 Å². The summed E-state index contributed by atoms with van der Waals surface area (Å²) in [7, 11) is 0. The molecule has 4 aromatic rings. The van der Waals surface area contributed by atoms with Gasteiger partial charge in [-0.3, -0.25) is 9.78 Å². The van der Waals surface area contributed by atoms with Crippen LogP contribution in [0.2, 0.25) is 0 Å². The first kappa shape index (κ1) is 24.3. The Labute approximate surface area is 215 Å². The number of anilines is 1. The highest BCUT2D eigenvalue weighted by molar-refractivity contribution is 7.17. The Balaban J connectivity index is 1.33. The maximum atomic E-state index is 13.0. The molecule has 1 aromatic carbocycles. The maximum absolute atomic E-state index is 13.0. The molecule has 186 valence electrons. The first-order chi connectivity index (χ1) is 17.5. The van der Waals surface area contributed by atoms with Gasteiger partial charge in [-0.15, -0.1) is 11.3 Å². The molecule has 6 nitrogen and oxygen atoms in total. The van der Waals surface area contributed by atoms with Crippen LogP contribution in [0.4, 0.5) is 5.00 Å². The van der Waals surface area contributed by atoms with Crippen molar-refractivity contribution in [2.75, 3.05) is 11.9 Å². The Morgan fingerprint density at radius 2 is 2.03 bits per heavy atom. The number of carbonyl (C=O) groups excluding carboxylic acids is 2. The Hall–Kier alpha value is -3.45. The molecule has 0 aliphatic heterocycles. The van der Waals surface area contributed by atoms with E-state index in [9.17, 15) is 9.59 Å². The number of esters is 1. The summed E-state index contributed by atoms with van der Waals surface area (Å²) in [6.45, 7) is 4.21. The van der Waals surface area contributed by atoms with Crippen LogP contribution in [0.3, 0.4) is 0 Å². The maximum Gasteiger partial charge on any atom is 0.341 e. The predicted octanol–water partition coefficient (Wildman–Crippen LogP) is 6.62. The summed E-state index contributed by atoms with van der Waals surface area (Å²) in [4.78, 5) is 35.0. The van der Waals surface area contributed by atoms with E-state index < -0.39 is 0 Å². The van der Waals surface area contributed by atoms with Gasteiger partial charge in [-0.25, -0.2) is 4.79 Å². The number of H-pyrrole nitrogens is 1. The van der Waals surface area contributed by atoms with Gasteiger partial charge < -0.3 is 15.0 Å². The zero-order valence-corrected chi connectivity index (χ0v) is 21.6. The summed E-state index contributed by atoms with van der Waals surface area (Å²) in [5.74, 6) is -0.407. The summed E-state index contributed by atoms with van der Waals surface area (Å²) < 4.78 is 5.32. The summed E-state index contributed by atoms with van der Waals surface area (Å²) in [6, 6.07) is 12.3. The molecular weight excluding hydrogens is 470 g/mol. The first-order valence-electron chi connectivity index (χ1n) is 12.7. The molecular formula is C29H31N3O3S. The number of nitrogens with one attached hydrogen (secondary N) is 2. The van der Waals surface area contributed by atoms with E-state index in [4.69, 9.17) is 4.74 Å². The van der Waals surface area contributed by atoms with Gasteiger partial charge >= 0.3 is 5.97 Å². The van der Waals surface area contributed by atoms with Crippen molar-refractivity contribution in [1.29, 1.82) is 0 Å². The second-order valence-corrected chi connectivity index (χ2v) is 10.4. The fourth-order valence-electron chi connectivity index (χ4n) is 5.04. The van der Waals surface area contributed by atoms with Gasteiger partial charge in [0.1, 0.15) is 5.00 Å². The van der Waals surface area contributed by atoms with Gasteiger partial charge in [-0.1, -0.05) is 17.7 Å². The van der Waals surface area contributed by atoms with Gasteiger partial charge in [-0.05, 0) is 87.8 Å². The molecule has 0 fully saturated rings. The van der Waals surface area contributed by atoms with E-state index in [1.807, 2.05) is 18.2 Å². The molecule has 0 atom stereocenters. The summed E-state index contributed by atoms with van der Waals surface area (Å²) in [6.07, 6.45) is 7.60. The van der Waals surface area contributed by atoms with Crippen LogP contribution in [0, 0.1) is 6.92 Å². The third-order valence-electron chi connectivity index (χ3n) is 6.72. The molecule has 2 N–H and O–H groups in total. The molecule has 0 saturated carbocycles. The molecule has 36 heavy (non-hydrogen) atoms. The van der Waals surface area contributed by atoms with Crippen LogP contribution in [-0.2, 0) is 28.8 Å². The quantitative estimate of drug-likeness (QED) is 0.266. The van der Waals surface area contributed by atoms with Crippen LogP contribution >= 0.6 is 11.3 Å². The molecule has 0 bridgehead atoms. The number of pyridine rings is 1. The largest absolute Gasteiger partial charge is 0.462 e.